The van der Waals surface area contributed by atoms with Gasteiger partial charge in [-0.3, -0.25) is 14.4 Å². The average molecular weight is 529 g/mol. The number of hydrogen-bond donors (Lipinski definition) is 1. The van der Waals surface area contributed by atoms with E-state index in [2.05, 4.69) is 21.0 Å². The number of halogens is 1. The van der Waals surface area contributed by atoms with Crippen molar-refractivity contribution in [1.29, 1.82) is 0 Å². The molecule has 0 atom stereocenters. The van der Waals surface area contributed by atoms with Gasteiger partial charge in [-0.1, -0.05) is 12.1 Å². The Kier molecular flexibility index (Phi) is 8.76. The average Bonchev–Trinajstić information content (AvgIpc) is 2.59. The van der Waals surface area contributed by atoms with E-state index in [-0.39, 0.29) is 31.7 Å². The third-order valence-electron chi connectivity index (χ3n) is 3.30. The van der Waals surface area contributed by atoms with Crippen LogP contribution in [0, 0.1) is 25.7 Å². The fourth-order valence-corrected chi connectivity index (χ4v) is 2.15. The third kappa shape index (κ3) is 6.13. The predicted octanol–water partition coefficient (Wildman–Crippen LogP) is 4.14. The topological polar surface area (TPSA) is 58.4 Å². The fourth-order valence-electron chi connectivity index (χ4n) is 2.15. The van der Waals surface area contributed by atoms with E-state index < -0.39 is 0 Å². The summed E-state index contributed by atoms with van der Waals surface area (Å²) in [5.74, 6) is -0.0235. The first-order chi connectivity index (χ1) is 12.0. The minimum atomic E-state index is -0.295. The van der Waals surface area contributed by atoms with E-state index in [1.54, 1.807) is 37.7 Å². The first kappa shape index (κ1) is 21.6. The number of para-hydroxylation sites is 1. The first-order valence-corrected chi connectivity index (χ1v) is 7.69. The molecule has 0 aliphatic rings. The Bertz CT molecular complexity index is 867. The van der Waals surface area contributed by atoms with E-state index in [9.17, 15) is 4.39 Å². The molecule has 1 radical (unpaired) electrons. The molecule has 0 amide bonds. The molecule has 0 spiro atoms. The van der Waals surface area contributed by atoms with E-state index in [1.807, 2.05) is 26.0 Å². The van der Waals surface area contributed by atoms with Crippen LogP contribution in [0.15, 0.2) is 53.7 Å². The molecule has 0 bridgehead atoms. The van der Waals surface area contributed by atoms with Crippen molar-refractivity contribution in [3.8, 4) is 17.0 Å². The van der Waals surface area contributed by atoms with E-state index >= 15 is 0 Å². The summed E-state index contributed by atoms with van der Waals surface area (Å²) >= 11 is 0. The van der Waals surface area contributed by atoms with Crippen molar-refractivity contribution in [3.63, 3.8) is 0 Å². The summed E-state index contributed by atoms with van der Waals surface area (Å²) in [5, 5.41) is 9.15. The summed E-state index contributed by atoms with van der Waals surface area (Å²) in [6.07, 6.45) is 3.31. The van der Waals surface area contributed by atoms with Gasteiger partial charge in [-0.15, -0.1) is 29.8 Å². The summed E-state index contributed by atoms with van der Waals surface area (Å²) in [4.78, 5) is 12.3. The predicted molar refractivity (Wildman–Crippen MR) is 97.4 cm³/mol. The Morgan fingerprint density at radius 3 is 2.46 bits per heavy atom. The molecular weight excluding hydrogens is 509 g/mol. The molecule has 3 rings (SSSR count). The third-order valence-corrected chi connectivity index (χ3v) is 3.30. The van der Waals surface area contributed by atoms with Crippen LogP contribution in [0.5, 0.6) is 5.75 Å². The SMILES string of the molecule is CN=Cc1ccccc1O.Cc1cnc(-c2[c-]cc(F)cc2)c(C)n1.[Ir]. The molecular formula is C20H19FIrN3O-. The second kappa shape index (κ2) is 10.5. The Balaban J connectivity index is 0.000000270. The van der Waals surface area contributed by atoms with Crippen LogP contribution in [-0.2, 0) is 20.1 Å². The van der Waals surface area contributed by atoms with Gasteiger partial charge in [0.2, 0.25) is 0 Å². The molecule has 137 valence electrons. The van der Waals surface area contributed by atoms with Crippen molar-refractivity contribution < 1.29 is 29.6 Å². The zero-order valence-corrected chi connectivity index (χ0v) is 17.1. The Morgan fingerprint density at radius 1 is 1.15 bits per heavy atom. The molecule has 2 aromatic carbocycles. The van der Waals surface area contributed by atoms with Gasteiger partial charge in [0.25, 0.3) is 0 Å². The number of nitrogens with zero attached hydrogens (tertiary/aromatic N) is 3. The Labute approximate surface area is 166 Å². The number of hydrogen-bond acceptors (Lipinski definition) is 4. The number of phenols is 1. The molecule has 0 unspecified atom stereocenters. The van der Waals surface area contributed by atoms with E-state index in [1.165, 1.54) is 12.1 Å². The number of rotatable bonds is 2. The summed E-state index contributed by atoms with van der Waals surface area (Å²) in [6.45, 7) is 3.77. The monoisotopic (exact) mass is 529 g/mol. The van der Waals surface area contributed by atoms with E-state index in [4.69, 9.17) is 5.11 Å². The summed E-state index contributed by atoms with van der Waals surface area (Å²) < 4.78 is 12.7. The zero-order valence-electron chi connectivity index (χ0n) is 14.7. The molecule has 4 nitrogen and oxygen atoms in total. The van der Waals surface area contributed by atoms with Gasteiger partial charge in [-0.05, 0) is 26.0 Å². The van der Waals surface area contributed by atoms with Gasteiger partial charge >= 0.3 is 0 Å². The van der Waals surface area contributed by atoms with Gasteiger partial charge in [0.1, 0.15) is 5.75 Å². The first-order valence-electron chi connectivity index (χ1n) is 7.69. The van der Waals surface area contributed by atoms with Gasteiger partial charge in [-0.2, -0.15) is 0 Å². The van der Waals surface area contributed by atoms with Crippen LogP contribution in [0.2, 0.25) is 0 Å². The smallest absolute Gasteiger partial charge is 0.124 e. The van der Waals surface area contributed by atoms with Gasteiger partial charge in [0, 0.05) is 62.3 Å². The van der Waals surface area contributed by atoms with Gasteiger partial charge in [0.15, 0.2) is 0 Å². The molecule has 1 N–H and O–H groups in total. The molecule has 1 aromatic heterocycles. The number of aliphatic imine (C=N–C) groups is 1. The number of aryl methyl sites for hydroxylation is 2. The standard InChI is InChI=1S/C12H10FN2.C8H9NO.Ir/c1-8-7-14-12(9(2)15-8)10-3-5-11(13)6-4-10;1-9-6-7-4-2-3-5-8(7)10;/h3,5-7H,1-2H3;2-6,10H,1H3;/q-1;;. The second-order valence-corrected chi connectivity index (χ2v) is 5.31. The molecule has 0 saturated carbocycles. The van der Waals surface area contributed by atoms with E-state index in [0.717, 1.165) is 28.2 Å². The summed E-state index contributed by atoms with van der Waals surface area (Å²) in [7, 11) is 1.67. The molecule has 6 heteroatoms. The van der Waals surface area contributed by atoms with Crippen LogP contribution >= 0.6 is 0 Å². The minimum absolute atomic E-state index is 0. The minimum Gasteiger partial charge on any atom is -0.507 e. The quantitative estimate of drug-likeness (QED) is 0.402. The largest absolute Gasteiger partial charge is 0.507 e. The number of phenolic OH excluding ortho intramolecular Hbond substituents is 1. The Hall–Kier alpha value is -2.43. The number of benzene rings is 2. The summed E-state index contributed by atoms with van der Waals surface area (Å²) in [6, 6.07) is 14.3. The van der Waals surface area contributed by atoms with Gasteiger partial charge in [-0.25, -0.2) is 0 Å². The van der Waals surface area contributed by atoms with Crippen molar-refractivity contribution in [1.82, 2.24) is 9.97 Å². The van der Waals surface area contributed by atoms with Crippen LogP contribution in [0.3, 0.4) is 0 Å². The van der Waals surface area contributed by atoms with Crippen molar-refractivity contribution in [2.45, 2.75) is 13.8 Å². The van der Waals surface area contributed by atoms with Gasteiger partial charge < -0.3 is 10.1 Å². The normalized spacial score (nSPS) is 10.0. The molecule has 26 heavy (non-hydrogen) atoms. The van der Waals surface area contributed by atoms with Crippen molar-refractivity contribution in [2.24, 2.45) is 4.99 Å². The number of aromatic hydroxyl groups is 1. The van der Waals surface area contributed by atoms with Crippen molar-refractivity contribution >= 4 is 6.21 Å². The van der Waals surface area contributed by atoms with Crippen LogP contribution < -0.4 is 0 Å². The zero-order chi connectivity index (χ0) is 18.2. The molecule has 0 aliphatic heterocycles. The fraction of sp³-hybridized carbons (Fsp3) is 0.150. The van der Waals surface area contributed by atoms with Crippen LogP contribution in [-0.4, -0.2) is 28.3 Å². The maximum absolute atomic E-state index is 12.7. The van der Waals surface area contributed by atoms with Crippen LogP contribution in [0.25, 0.3) is 11.3 Å². The molecule has 0 aliphatic carbocycles. The van der Waals surface area contributed by atoms with Gasteiger partial charge in [0.05, 0.1) is 5.69 Å². The van der Waals surface area contributed by atoms with Crippen LogP contribution in [0.1, 0.15) is 17.0 Å². The van der Waals surface area contributed by atoms with Crippen LogP contribution in [0.4, 0.5) is 4.39 Å². The van der Waals surface area contributed by atoms with Crippen molar-refractivity contribution in [3.05, 3.63) is 77.5 Å². The summed E-state index contributed by atoms with van der Waals surface area (Å²) in [5.41, 5.74) is 3.98. The molecule has 3 aromatic rings. The molecule has 0 saturated heterocycles. The maximum atomic E-state index is 12.7. The molecule has 0 fully saturated rings. The number of aromatic nitrogens is 2. The Morgan fingerprint density at radius 2 is 1.88 bits per heavy atom. The van der Waals surface area contributed by atoms with E-state index in [0.29, 0.717) is 0 Å². The second-order valence-electron chi connectivity index (χ2n) is 5.31. The molecule has 1 heterocycles. The maximum Gasteiger partial charge on any atom is 0.124 e. The van der Waals surface area contributed by atoms with Crippen molar-refractivity contribution in [2.75, 3.05) is 7.05 Å².